The summed E-state index contributed by atoms with van der Waals surface area (Å²) >= 11 is 0. The molecule has 0 aliphatic heterocycles. The van der Waals surface area contributed by atoms with Crippen LogP contribution in [-0.4, -0.2) is 36.0 Å². The highest BCUT2D eigenvalue weighted by Gasteiger charge is 2.35. The van der Waals surface area contributed by atoms with E-state index in [0.717, 1.165) is 12.1 Å². The van der Waals surface area contributed by atoms with Gasteiger partial charge in [0.15, 0.2) is 11.5 Å². The Balaban J connectivity index is 2.96. The van der Waals surface area contributed by atoms with Crippen molar-refractivity contribution >= 4 is 11.9 Å². The van der Waals surface area contributed by atoms with Crippen molar-refractivity contribution in [3.63, 3.8) is 0 Å². The van der Waals surface area contributed by atoms with E-state index in [1.807, 2.05) is 0 Å². The van der Waals surface area contributed by atoms with Crippen molar-refractivity contribution in [1.29, 1.82) is 0 Å². The zero-order valence-corrected chi connectivity index (χ0v) is 13.3. The molecule has 0 saturated carbocycles. The molecule has 0 spiro atoms. The molecule has 0 bridgehead atoms. The molecule has 0 radical (unpaired) electrons. The van der Waals surface area contributed by atoms with Gasteiger partial charge in [-0.25, -0.2) is 0 Å². The van der Waals surface area contributed by atoms with Gasteiger partial charge in [0.05, 0.1) is 18.1 Å². The van der Waals surface area contributed by atoms with Gasteiger partial charge >= 0.3 is 12.3 Å². The number of ether oxygens (including phenoxy) is 2. The molecule has 1 aromatic carbocycles. The number of benzene rings is 1. The van der Waals surface area contributed by atoms with Crippen LogP contribution in [0.4, 0.5) is 13.2 Å². The Morgan fingerprint density at radius 2 is 1.92 bits per heavy atom. The second kappa shape index (κ2) is 7.89. The average molecular weight is 349 g/mol. The first kappa shape index (κ1) is 19.6. The van der Waals surface area contributed by atoms with Gasteiger partial charge in [0.1, 0.15) is 0 Å². The summed E-state index contributed by atoms with van der Waals surface area (Å²) in [5.74, 6) is -4.01. The molecular weight excluding hydrogens is 331 g/mol. The molecule has 134 valence electrons. The molecule has 0 aliphatic carbocycles. The zero-order valence-electron chi connectivity index (χ0n) is 13.3. The van der Waals surface area contributed by atoms with Crippen LogP contribution in [0.2, 0.25) is 0 Å². The number of esters is 1. The Morgan fingerprint density at radius 3 is 2.46 bits per heavy atom. The Bertz CT molecular complexity index is 603. The van der Waals surface area contributed by atoms with Gasteiger partial charge in [-0.2, -0.15) is 0 Å². The number of aromatic hydroxyl groups is 1. The molecule has 1 amide bonds. The minimum Gasteiger partial charge on any atom is -0.504 e. The van der Waals surface area contributed by atoms with E-state index in [1.165, 1.54) is 19.9 Å². The van der Waals surface area contributed by atoms with Crippen LogP contribution >= 0.6 is 0 Å². The van der Waals surface area contributed by atoms with Crippen LogP contribution in [0.5, 0.6) is 11.5 Å². The molecule has 0 fully saturated rings. The number of rotatable bonds is 6. The van der Waals surface area contributed by atoms with Crippen molar-refractivity contribution in [2.75, 3.05) is 6.61 Å². The van der Waals surface area contributed by atoms with E-state index in [0.29, 0.717) is 0 Å². The largest absolute Gasteiger partial charge is 0.573 e. The fourth-order valence-corrected chi connectivity index (χ4v) is 1.81. The van der Waals surface area contributed by atoms with Gasteiger partial charge in [0.25, 0.3) is 5.91 Å². The quantitative estimate of drug-likeness (QED) is 0.771. The summed E-state index contributed by atoms with van der Waals surface area (Å²) in [6.45, 7) is 4.81. The van der Waals surface area contributed by atoms with Crippen molar-refractivity contribution in [3.05, 3.63) is 23.8 Å². The van der Waals surface area contributed by atoms with Crippen LogP contribution < -0.4 is 10.1 Å². The molecular formula is C15H18F3NO5. The number of carbonyl (C=O) groups excluding carboxylic acids is 2. The number of phenols is 1. The number of amides is 1. The van der Waals surface area contributed by atoms with Crippen LogP contribution in [0.25, 0.3) is 0 Å². The van der Waals surface area contributed by atoms with Crippen LogP contribution in [-0.2, 0) is 9.53 Å². The highest BCUT2D eigenvalue weighted by Crippen LogP contribution is 2.34. The summed E-state index contributed by atoms with van der Waals surface area (Å²) in [7, 11) is 0. The zero-order chi connectivity index (χ0) is 18.5. The van der Waals surface area contributed by atoms with Crippen LogP contribution in [0.1, 0.15) is 31.1 Å². The smallest absolute Gasteiger partial charge is 0.504 e. The second-order valence-corrected chi connectivity index (χ2v) is 5.00. The lowest BCUT2D eigenvalue weighted by Gasteiger charge is -2.21. The van der Waals surface area contributed by atoms with Crippen molar-refractivity contribution in [3.8, 4) is 11.5 Å². The Kier molecular flexibility index (Phi) is 6.44. The fourth-order valence-electron chi connectivity index (χ4n) is 1.81. The SMILES string of the molecule is CCOC(=O)[C@H](C)[C@H](C)NC(=O)c1cccc(O)c1OC(F)(F)F. The Hall–Kier alpha value is -2.45. The molecule has 0 heterocycles. The fraction of sp³-hybridized carbons (Fsp3) is 0.467. The predicted molar refractivity (Wildman–Crippen MR) is 77.5 cm³/mol. The molecule has 0 unspecified atom stereocenters. The normalized spacial score (nSPS) is 13.8. The molecule has 0 aliphatic rings. The van der Waals surface area contributed by atoms with Gasteiger partial charge in [-0.05, 0) is 32.9 Å². The summed E-state index contributed by atoms with van der Waals surface area (Å²) in [5, 5.41) is 11.9. The summed E-state index contributed by atoms with van der Waals surface area (Å²) in [5.41, 5.74) is -0.504. The van der Waals surface area contributed by atoms with Gasteiger partial charge in [0, 0.05) is 6.04 Å². The van der Waals surface area contributed by atoms with E-state index < -0.39 is 47.3 Å². The third kappa shape index (κ3) is 5.32. The molecule has 2 N–H and O–H groups in total. The van der Waals surface area contributed by atoms with Crippen molar-refractivity contribution in [2.45, 2.75) is 33.2 Å². The Morgan fingerprint density at radius 1 is 1.29 bits per heavy atom. The maximum Gasteiger partial charge on any atom is 0.573 e. The predicted octanol–water partition coefficient (Wildman–Crippen LogP) is 2.61. The summed E-state index contributed by atoms with van der Waals surface area (Å²) in [6, 6.07) is 2.52. The lowest BCUT2D eigenvalue weighted by Crippen LogP contribution is -2.41. The van der Waals surface area contributed by atoms with E-state index in [-0.39, 0.29) is 6.61 Å². The average Bonchev–Trinajstić information content (AvgIpc) is 2.47. The number of hydrogen-bond acceptors (Lipinski definition) is 5. The molecule has 24 heavy (non-hydrogen) atoms. The van der Waals surface area contributed by atoms with Gasteiger partial charge in [0.2, 0.25) is 0 Å². The number of para-hydroxylation sites is 1. The van der Waals surface area contributed by atoms with Gasteiger partial charge < -0.3 is 19.9 Å². The number of nitrogens with one attached hydrogen (secondary N) is 1. The highest BCUT2D eigenvalue weighted by molar-refractivity contribution is 5.98. The molecule has 2 atom stereocenters. The monoisotopic (exact) mass is 349 g/mol. The lowest BCUT2D eigenvalue weighted by atomic mass is 10.0. The number of phenolic OH excluding ortho intramolecular Hbond substituents is 1. The molecule has 9 heteroatoms. The maximum absolute atomic E-state index is 12.4. The van der Waals surface area contributed by atoms with Gasteiger partial charge in [-0.1, -0.05) is 6.07 Å². The van der Waals surface area contributed by atoms with E-state index in [2.05, 4.69) is 10.1 Å². The van der Waals surface area contributed by atoms with E-state index >= 15 is 0 Å². The third-order valence-corrected chi connectivity index (χ3v) is 3.22. The molecule has 1 aromatic rings. The highest BCUT2D eigenvalue weighted by atomic mass is 19.4. The number of hydrogen-bond donors (Lipinski definition) is 2. The standard InChI is InChI=1S/C15H18F3NO5/c1-4-23-14(22)8(2)9(3)19-13(21)10-6-5-7-11(20)12(10)24-15(16,17)18/h5-9,20H,4H2,1-3H3,(H,19,21)/t8-,9+/m1/s1. The topological polar surface area (TPSA) is 84.9 Å². The van der Waals surface area contributed by atoms with Crippen molar-refractivity contribution in [2.24, 2.45) is 5.92 Å². The van der Waals surface area contributed by atoms with Gasteiger partial charge in [-0.3, -0.25) is 9.59 Å². The van der Waals surface area contributed by atoms with Crippen molar-refractivity contribution < 1.29 is 37.3 Å². The van der Waals surface area contributed by atoms with Crippen LogP contribution in [0, 0.1) is 5.92 Å². The van der Waals surface area contributed by atoms with Gasteiger partial charge in [-0.15, -0.1) is 13.2 Å². The molecule has 0 aromatic heterocycles. The Labute approximate surface area is 136 Å². The summed E-state index contributed by atoms with van der Waals surface area (Å²) in [6.07, 6.45) is -5.07. The van der Waals surface area contributed by atoms with E-state index in [9.17, 15) is 27.9 Å². The van der Waals surface area contributed by atoms with E-state index in [4.69, 9.17) is 4.74 Å². The second-order valence-electron chi connectivity index (χ2n) is 5.00. The summed E-state index contributed by atoms with van der Waals surface area (Å²) < 4.78 is 45.8. The number of halogens is 3. The molecule has 6 nitrogen and oxygen atoms in total. The maximum atomic E-state index is 12.4. The minimum atomic E-state index is -5.07. The third-order valence-electron chi connectivity index (χ3n) is 3.22. The van der Waals surface area contributed by atoms with Crippen LogP contribution in [0.3, 0.4) is 0 Å². The lowest BCUT2D eigenvalue weighted by molar-refractivity contribution is -0.275. The van der Waals surface area contributed by atoms with Crippen LogP contribution in [0.15, 0.2) is 18.2 Å². The first-order valence-electron chi connectivity index (χ1n) is 7.12. The molecule has 0 saturated heterocycles. The molecule has 1 rings (SSSR count). The summed E-state index contributed by atoms with van der Waals surface area (Å²) in [4.78, 5) is 23.8. The first-order chi connectivity index (χ1) is 11.1. The first-order valence-corrected chi connectivity index (χ1v) is 7.12. The number of alkyl halides is 3. The van der Waals surface area contributed by atoms with Crippen molar-refractivity contribution in [1.82, 2.24) is 5.32 Å². The number of carbonyl (C=O) groups is 2. The van der Waals surface area contributed by atoms with E-state index in [1.54, 1.807) is 6.92 Å². The minimum absolute atomic E-state index is 0.167.